The molecule has 0 spiro atoms. The molecule has 1 aromatic rings. The van der Waals surface area contributed by atoms with Gasteiger partial charge in [-0.15, -0.1) is 0 Å². The van der Waals surface area contributed by atoms with Crippen LogP contribution in [0.15, 0.2) is 12.1 Å². The van der Waals surface area contributed by atoms with E-state index in [2.05, 4.69) is 12.2 Å². The number of aliphatic hydroxyl groups excluding tert-OH is 1. The van der Waals surface area contributed by atoms with E-state index in [4.69, 9.17) is 0 Å². The Morgan fingerprint density at radius 3 is 2.83 bits per heavy atom. The van der Waals surface area contributed by atoms with E-state index < -0.39 is 6.10 Å². The second-order valence-corrected chi connectivity index (χ2v) is 5.19. The van der Waals surface area contributed by atoms with Crippen molar-refractivity contribution in [2.45, 2.75) is 52.1 Å². The maximum Gasteiger partial charge on any atom is 0.231 e. The molecule has 0 radical (unpaired) electrons. The number of benzene rings is 1. The predicted molar refractivity (Wildman–Crippen MR) is 72.7 cm³/mol. The van der Waals surface area contributed by atoms with E-state index in [-0.39, 0.29) is 11.8 Å². The molecule has 1 aliphatic heterocycles. The number of aryl methyl sites for hydroxylation is 1. The van der Waals surface area contributed by atoms with Crippen LogP contribution in [0.2, 0.25) is 0 Å². The second-order valence-electron chi connectivity index (χ2n) is 5.19. The summed E-state index contributed by atoms with van der Waals surface area (Å²) >= 11 is 0. The fourth-order valence-corrected chi connectivity index (χ4v) is 2.52. The molecule has 0 saturated heterocycles. The Hall–Kier alpha value is -1.35. The van der Waals surface area contributed by atoms with Crippen molar-refractivity contribution in [2.24, 2.45) is 0 Å². The highest BCUT2D eigenvalue weighted by Gasteiger charge is 2.30. The van der Waals surface area contributed by atoms with E-state index >= 15 is 0 Å². The van der Waals surface area contributed by atoms with Gasteiger partial charge in [0.1, 0.15) is 0 Å². The first-order valence-corrected chi connectivity index (χ1v) is 6.68. The van der Waals surface area contributed by atoms with Crippen molar-refractivity contribution >= 4 is 11.6 Å². The molecule has 0 aliphatic carbocycles. The summed E-state index contributed by atoms with van der Waals surface area (Å²) in [5.41, 5.74) is 3.83. The second kappa shape index (κ2) is 5.11. The van der Waals surface area contributed by atoms with Crippen LogP contribution in [0.4, 0.5) is 5.69 Å². The highest BCUT2D eigenvalue weighted by Crippen LogP contribution is 2.39. The molecule has 1 amide bonds. The average molecular weight is 247 g/mol. The molecule has 98 valence electrons. The van der Waals surface area contributed by atoms with Crippen LogP contribution in [0, 0.1) is 6.92 Å². The van der Waals surface area contributed by atoms with Crippen molar-refractivity contribution in [1.29, 1.82) is 0 Å². The van der Waals surface area contributed by atoms with Crippen molar-refractivity contribution in [3.8, 4) is 0 Å². The van der Waals surface area contributed by atoms with Gasteiger partial charge < -0.3 is 10.4 Å². The van der Waals surface area contributed by atoms with Gasteiger partial charge in [-0.25, -0.2) is 0 Å². The number of carbonyl (C=O) groups is 1. The van der Waals surface area contributed by atoms with E-state index in [1.165, 1.54) is 0 Å². The topological polar surface area (TPSA) is 49.3 Å². The van der Waals surface area contributed by atoms with Gasteiger partial charge in [0.2, 0.25) is 5.91 Å². The Labute approximate surface area is 108 Å². The van der Waals surface area contributed by atoms with E-state index in [9.17, 15) is 9.90 Å². The number of amides is 1. The number of hydrogen-bond acceptors (Lipinski definition) is 2. The van der Waals surface area contributed by atoms with Crippen molar-refractivity contribution in [1.82, 2.24) is 0 Å². The molecule has 0 bridgehead atoms. The van der Waals surface area contributed by atoms with Crippen LogP contribution in [-0.2, 0) is 4.79 Å². The molecular formula is C15H21NO2. The standard InChI is InChI=1S/C15H21NO2/c1-4-5-6-13(17)12-8-9(2)7-11-10(3)15(18)16-14(11)12/h7-8,10,13,17H,4-6H2,1-3H3,(H,16,18). The van der Waals surface area contributed by atoms with Crippen molar-refractivity contribution in [2.75, 3.05) is 5.32 Å². The number of rotatable bonds is 4. The molecule has 2 rings (SSSR count). The lowest BCUT2D eigenvalue weighted by Gasteiger charge is -2.16. The highest BCUT2D eigenvalue weighted by atomic mass is 16.3. The number of carbonyl (C=O) groups excluding carboxylic acids is 1. The maximum atomic E-state index is 11.7. The Morgan fingerprint density at radius 1 is 1.44 bits per heavy atom. The molecule has 2 unspecified atom stereocenters. The molecule has 18 heavy (non-hydrogen) atoms. The molecular weight excluding hydrogens is 226 g/mol. The van der Waals surface area contributed by atoms with Gasteiger partial charge in [0.15, 0.2) is 0 Å². The SMILES string of the molecule is CCCCC(O)c1cc(C)cc2c1NC(=O)C2C. The van der Waals surface area contributed by atoms with Gasteiger partial charge in [-0.3, -0.25) is 4.79 Å². The first-order valence-electron chi connectivity index (χ1n) is 6.68. The van der Waals surface area contributed by atoms with Crippen LogP contribution >= 0.6 is 0 Å². The minimum Gasteiger partial charge on any atom is -0.388 e. The van der Waals surface area contributed by atoms with E-state index in [1.54, 1.807) is 0 Å². The van der Waals surface area contributed by atoms with Gasteiger partial charge in [0.25, 0.3) is 0 Å². The lowest BCUT2D eigenvalue weighted by Crippen LogP contribution is -2.09. The monoisotopic (exact) mass is 247 g/mol. The number of nitrogens with one attached hydrogen (secondary N) is 1. The van der Waals surface area contributed by atoms with Crippen molar-refractivity contribution in [3.05, 3.63) is 28.8 Å². The van der Waals surface area contributed by atoms with Crippen LogP contribution in [0.5, 0.6) is 0 Å². The summed E-state index contributed by atoms with van der Waals surface area (Å²) in [7, 11) is 0. The van der Waals surface area contributed by atoms with Gasteiger partial charge in [0.05, 0.1) is 17.7 Å². The smallest absolute Gasteiger partial charge is 0.231 e. The number of anilines is 1. The number of hydrogen-bond donors (Lipinski definition) is 2. The number of unbranched alkanes of at least 4 members (excludes halogenated alkanes) is 1. The molecule has 0 saturated carbocycles. The third-order valence-corrected chi connectivity index (χ3v) is 3.64. The summed E-state index contributed by atoms with van der Waals surface area (Å²) in [5, 5.41) is 13.2. The molecule has 3 heteroatoms. The van der Waals surface area contributed by atoms with E-state index in [1.807, 2.05) is 26.0 Å². The van der Waals surface area contributed by atoms with Gasteiger partial charge >= 0.3 is 0 Å². The van der Waals surface area contributed by atoms with Gasteiger partial charge in [-0.05, 0) is 25.8 Å². The zero-order valence-electron chi connectivity index (χ0n) is 11.3. The molecule has 0 fully saturated rings. The zero-order chi connectivity index (χ0) is 13.3. The first kappa shape index (κ1) is 13.1. The fourth-order valence-electron chi connectivity index (χ4n) is 2.52. The van der Waals surface area contributed by atoms with Crippen LogP contribution in [-0.4, -0.2) is 11.0 Å². The fraction of sp³-hybridized carbons (Fsp3) is 0.533. The van der Waals surface area contributed by atoms with Crippen LogP contribution in [0.25, 0.3) is 0 Å². The summed E-state index contributed by atoms with van der Waals surface area (Å²) in [6.07, 6.45) is 2.32. The molecule has 1 heterocycles. The lowest BCUT2D eigenvalue weighted by molar-refractivity contribution is -0.116. The maximum absolute atomic E-state index is 11.7. The summed E-state index contributed by atoms with van der Waals surface area (Å²) in [6.45, 7) is 6.02. The number of aliphatic hydroxyl groups is 1. The Kier molecular flexibility index (Phi) is 3.71. The lowest BCUT2D eigenvalue weighted by atomic mass is 9.94. The van der Waals surface area contributed by atoms with E-state index in [0.29, 0.717) is 0 Å². The van der Waals surface area contributed by atoms with Crippen LogP contribution < -0.4 is 5.32 Å². The number of fused-ring (bicyclic) bond motifs is 1. The van der Waals surface area contributed by atoms with Gasteiger partial charge in [-0.2, -0.15) is 0 Å². The van der Waals surface area contributed by atoms with Crippen LogP contribution in [0.3, 0.4) is 0 Å². The van der Waals surface area contributed by atoms with Crippen molar-refractivity contribution < 1.29 is 9.90 Å². The quantitative estimate of drug-likeness (QED) is 0.857. The first-order chi connectivity index (χ1) is 8.54. The molecule has 1 aliphatic rings. The minimum atomic E-state index is -0.482. The Bertz CT molecular complexity index is 468. The summed E-state index contributed by atoms with van der Waals surface area (Å²) in [4.78, 5) is 11.7. The predicted octanol–water partition coefficient (Wildman–Crippen LogP) is 3.27. The normalized spacial score (nSPS) is 19.6. The summed E-state index contributed by atoms with van der Waals surface area (Å²) < 4.78 is 0. The molecule has 3 nitrogen and oxygen atoms in total. The minimum absolute atomic E-state index is 0.0274. The van der Waals surface area contributed by atoms with Gasteiger partial charge in [-0.1, -0.05) is 37.5 Å². The third kappa shape index (κ3) is 2.27. The largest absolute Gasteiger partial charge is 0.388 e. The summed E-state index contributed by atoms with van der Waals surface area (Å²) in [6, 6.07) is 4.02. The van der Waals surface area contributed by atoms with Crippen molar-refractivity contribution in [3.63, 3.8) is 0 Å². The van der Waals surface area contributed by atoms with Gasteiger partial charge in [0, 0.05) is 5.56 Å². The zero-order valence-corrected chi connectivity index (χ0v) is 11.3. The van der Waals surface area contributed by atoms with Crippen LogP contribution in [0.1, 0.15) is 61.8 Å². The Morgan fingerprint density at radius 2 is 2.17 bits per heavy atom. The average Bonchev–Trinajstić information content (AvgIpc) is 2.62. The molecule has 2 N–H and O–H groups in total. The molecule has 2 atom stereocenters. The van der Waals surface area contributed by atoms with E-state index in [0.717, 1.165) is 41.6 Å². The highest BCUT2D eigenvalue weighted by molar-refractivity contribution is 6.03. The molecule has 1 aromatic carbocycles. The summed E-state index contributed by atoms with van der Waals surface area (Å²) in [5.74, 6) is -0.0865. The third-order valence-electron chi connectivity index (χ3n) is 3.64. The molecule has 0 aromatic heterocycles. The Balaban J connectivity index is 2.37.